The van der Waals surface area contributed by atoms with Gasteiger partial charge < -0.3 is 10.2 Å². The zero-order chi connectivity index (χ0) is 20.3. The van der Waals surface area contributed by atoms with Crippen molar-refractivity contribution in [3.05, 3.63) is 64.7 Å². The lowest BCUT2D eigenvalue weighted by atomic mass is 10.1. The summed E-state index contributed by atoms with van der Waals surface area (Å²) in [7, 11) is -1.35. The van der Waals surface area contributed by atoms with Crippen molar-refractivity contribution in [2.75, 3.05) is 38.5 Å². The second-order valence-electron chi connectivity index (χ2n) is 7.36. The Kier molecular flexibility index (Phi) is 6.17. The Morgan fingerprint density at radius 3 is 2.29 bits per heavy atom. The molecule has 1 amide bonds. The van der Waals surface area contributed by atoms with Crippen LogP contribution in [0.15, 0.2) is 42.5 Å². The molecule has 0 aliphatic carbocycles. The average Bonchev–Trinajstić information content (AvgIpc) is 2.66. The van der Waals surface area contributed by atoms with Crippen LogP contribution in [-0.2, 0) is 15.8 Å². The number of sulfonamides is 1. The second kappa shape index (κ2) is 8.43. The number of amides is 1. The van der Waals surface area contributed by atoms with Gasteiger partial charge in [-0.2, -0.15) is 4.31 Å². The normalized spacial score (nSPS) is 16.1. The van der Waals surface area contributed by atoms with Crippen molar-refractivity contribution in [1.82, 2.24) is 9.21 Å². The van der Waals surface area contributed by atoms with Crippen LogP contribution in [0, 0.1) is 13.8 Å². The Morgan fingerprint density at radius 2 is 1.64 bits per heavy atom. The molecule has 1 fully saturated rings. The monoisotopic (exact) mass is 401 g/mol. The number of benzene rings is 2. The maximum atomic E-state index is 12.6. The number of likely N-dealkylation sites (N-methyl/N-ethyl adjacent to an activating group) is 1. The van der Waals surface area contributed by atoms with Crippen molar-refractivity contribution in [3.63, 3.8) is 0 Å². The van der Waals surface area contributed by atoms with Gasteiger partial charge in [0.2, 0.25) is 10.0 Å². The first-order valence-corrected chi connectivity index (χ1v) is 11.0. The van der Waals surface area contributed by atoms with Gasteiger partial charge in [-0.25, -0.2) is 8.42 Å². The van der Waals surface area contributed by atoms with Crippen LogP contribution in [0.25, 0.3) is 0 Å². The van der Waals surface area contributed by atoms with Crippen molar-refractivity contribution < 1.29 is 13.2 Å². The van der Waals surface area contributed by atoms with E-state index in [-0.39, 0.29) is 11.7 Å². The van der Waals surface area contributed by atoms with Gasteiger partial charge >= 0.3 is 0 Å². The first kappa shape index (κ1) is 20.5. The Morgan fingerprint density at radius 1 is 1.00 bits per heavy atom. The smallest absolute Gasteiger partial charge is 0.255 e. The standard InChI is InChI=1S/C21H27N3O3S/c1-16-5-4-6-20(17(16)2)22-21(25)19-9-7-18(8-10-19)15-28(26,27)24-13-11-23(3)12-14-24/h4-10H,11-15H2,1-3H3,(H,22,25). The summed E-state index contributed by atoms with van der Waals surface area (Å²) in [5.41, 5.74) is 4.11. The van der Waals surface area contributed by atoms with Gasteiger partial charge in [0.1, 0.15) is 0 Å². The number of nitrogens with zero attached hydrogens (tertiary/aromatic N) is 2. The Balaban J connectivity index is 1.66. The molecule has 1 saturated heterocycles. The highest BCUT2D eigenvalue weighted by atomic mass is 32.2. The third-order valence-corrected chi connectivity index (χ3v) is 7.12. The SMILES string of the molecule is Cc1cccc(NC(=O)c2ccc(CS(=O)(=O)N3CCN(C)CC3)cc2)c1C. The topological polar surface area (TPSA) is 69.7 Å². The van der Waals surface area contributed by atoms with Gasteiger partial charge in [0, 0.05) is 37.4 Å². The fraction of sp³-hybridized carbons (Fsp3) is 0.381. The third kappa shape index (κ3) is 4.79. The predicted molar refractivity (Wildman–Crippen MR) is 112 cm³/mol. The number of rotatable bonds is 5. The van der Waals surface area contributed by atoms with E-state index in [0.717, 1.165) is 29.9 Å². The molecule has 1 N–H and O–H groups in total. The van der Waals surface area contributed by atoms with Crippen LogP contribution in [0.3, 0.4) is 0 Å². The molecule has 28 heavy (non-hydrogen) atoms. The summed E-state index contributed by atoms with van der Waals surface area (Å²) in [6.07, 6.45) is 0. The summed E-state index contributed by atoms with van der Waals surface area (Å²) in [5, 5.41) is 2.92. The van der Waals surface area contributed by atoms with Crippen molar-refractivity contribution in [2.45, 2.75) is 19.6 Å². The minimum absolute atomic E-state index is 0.0460. The van der Waals surface area contributed by atoms with E-state index in [9.17, 15) is 13.2 Å². The summed E-state index contributed by atoms with van der Waals surface area (Å²) in [6.45, 7) is 6.51. The third-order valence-electron chi connectivity index (χ3n) is 5.27. The van der Waals surface area contributed by atoms with Crippen molar-refractivity contribution in [3.8, 4) is 0 Å². The minimum atomic E-state index is -3.35. The average molecular weight is 402 g/mol. The summed E-state index contributed by atoms with van der Waals surface area (Å²) in [5.74, 6) is -0.252. The van der Waals surface area contributed by atoms with E-state index in [2.05, 4.69) is 10.2 Å². The van der Waals surface area contributed by atoms with Crippen LogP contribution in [0.5, 0.6) is 0 Å². The Labute approximate surface area is 167 Å². The number of aryl methyl sites for hydroxylation is 1. The molecule has 0 aromatic heterocycles. The highest BCUT2D eigenvalue weighted by Gasteiger charge is 2.25. The zero-order valence-corrected chi connectivity index (χ0v) is 17.4. The Hall–Kier alpha value is -2.22. The lowest BCUT2D eigenvalue weighted by Gasteiger charge is -2.31. The molecule has 7 heteroatoms. The van der Waals surface area contributed by atoms with Gasteiger partial charge in [0.15, 0.2) is 0 Å². The molecule has 2 aromatic carbocycles. The van der Waals surface area contributed by atoms with Crippen LogP contribution < -0.4 is 5.32 Å². The van der Waals surface area contributed by atoms with E-state index in [4.69, 9.17) is 0 Å². The minimum Gasteiger partial charge on any atom is -0.322 e. The first-order valence-electron chi connectivity index (χ1n) is 9.39. The molecule has 0 saturated carbocycles. The number of carbonyl (C=O) groups excluding carboxylic acids is 1. The highest BCUT2D eigenvalue weighted by molar-refractivity contribution is 7.88. The van der Waals surface area contributed by atoms with Crippen LogP contribution in [0.2, 0.25) is 0 Å². The lowest BCUT2D eigenvalue weighted by Crippen LogP contribution is -2.47. The van der Waals surface area contributed by atoms with Crippen molar-refractivity contribution >= 4 is 21.6 Å². The fourth-order valence-electron chi connectivity index (χ4n) is 3.20. The van der Waals surface area contributed by atoms with E-state index in [1.807, 2.05) is 39.1 Å². The maximum absolute atomic E-state index is 12.6. The molecule has 6 nitrogen and oxygen atoms in total. The van der Waals surface area contributed by atoms with E-state index in [1.54, 1.807) is 28.6 Å². The molecule has 150 valence electrons. The van der Waals surface area contributed by atoms with Gasteiger partial charge in [-0.15, -0.1) is 0 Å². The maximum Gasteiger partial charge on any atom is 0.255 e. The molecule has 0 bridgehead atoms. The number of carbonyl (C=O) groups is 1. The highest BCUT2D eigenvalue weighted by Crippen LogP contribution is 2.19. The summed E-state index contributed by atoms with van der Waals surface area (Å²) in [4.78, 5) is 14.6. The summed E-state index contributed by atoms with van der Waals surface area (Å²) in [6, 6.07) is 12.6. The molecule has 1 aliphatic rings. The van der Waals surface area contributed by atoms with E-state index in [0.29, 0.717) is 24.2 Å². The molecule has 0 atom stereocenters. The number of nitrogens with one attached hydrogen (secondary N) is 1. The van der Waals surface area contributed by atoms with Crippen LogP contribution in [-0.4, -0.2) is 56.8 Å². The quantitative estimate of drug-likeness (QED) is 0.836. The van der Waals surface area contributed by atoms with Crippen molar-refractivity contribution in [1.29, 1.82) is 0 Å². The molecular formula is C21H27N3O3S. The van der Waals surface area contributed by atoms with Gasteiger partial charge in [-0.1, -0.05) is 24.3 Å². The van der Waals surface area contributed by atoms with E-state index in [1.165, 1.54) is 0 Å². The Bertz CT molecular complexity index is 947. The molecule has 1 aliphatic heterocycles. The lowest BCUT2D eigenvalue weighted by molar-refractivity contribution is 0.102. The first-order chi connectivity index (χ1) is 13.3. The van der Waals surface area contributed by atoms with E-state index >= 15 is 0 Å². The van der Waals surface area contributed by atoms with Gasteiger partial charge in [-0.3, -0.25) is 4.79 Å². The summed E-state index contributed by atoms with van der Waals surface area (Å²) >= 11 is 0. The zero-order valence-electron chi connectivity index (χ0n) is 16.6. The van der Waals surface area contributed by atoms with Crippen LogP contribution in [0.4, 0.5) is 5.69 Å². The van der Waals surface area contributed by atoms with Gasteiger partial charge in [0.05, 0.1) is 5.75 Å². The van der Waals surface area contributed by atoms with Gasteiger partial charge in [-0.05, 0) is 55.8 Å². The second-order valence-corrected chi connectivity index (χ2v) is 9.33. The number of hydrogen-bond acceptors (Lipinski definition) is 4. The summed E-state index contributed by atoms with van der Waals surface area (Å²) < 4.78 is 26.8. The number of anilines is 1. The molecule has 2 aromatic rings. The number of piperazine rings is 1. The number of hydrogen-bond donors (Lipinski definition) is 1. The molecule has 0 radical (unpaired) electrons. The largest absolute Gasteiger partial charge is 0.322 e. The van der Waals surface area contributed by atoms with Crippen LogP contribution >= 0.6 is 0 Å². The van der Waals surface area contributed by atoms with Gasteiger partial charge in [0.25, 0.3) is 5.91 Å². The molecule has 1 heterocycles. The fourth-order valence-corrected chi connectivity index (χ4v) is 4.72. The molecule has 0 unspecified atom stereocenters. The van der Waals surface area contributed by atoms with E-state index < -0.39 is 10.0 Å². The molecule has 0 spiro atoms. The molecular weight excluding hydrogens is 374 g/mol. The predicted octanol–water partition coefficient (Wildman–Crippen LogP) is 2.63. The van der Waals surface area contributed by atoms with Crippen LogP contribution in [0.1, 0.15) is 27.0 Å². The molecule has 3 rings (SSSR count). The van der Waals surface area contributed by atoms with Crippen molar-refractivity contribution in [2.24, 2.45) is 0 Å².